The van der Waals surface area contributed by atoms with Crippen molar-refractivity contribution in [3.63, 3.8) is 0 Å². The normalized spacial score (nSPS) is 11.2. The van der Waals surface area contributed by atoms with Gasteiger partial charge in [-0.05, 0) is 51.3 Å². The minimum absolute atomic E-state index is 0.242. The lowest BCUT2D eigenvalue weighted by atomic mass is 10.1. The van der Waals surface area contributed by atoms with E-state index in [1.54, 1.807) is 23.5 Å². The Morgan fingerprint density at radius 3 is 2.00 bits per heavy atom. The second-order valence-electron chi connectivity index (χ2n) is 6.01. The monoisotopic (exact) mass is 435 g/mol. The van der Waals surface area contributed by atoms with Crippen LogP contribution in [0.5, 0.6) is 0 Å². The van der Waals surface area contributed by atoms with Gasteiger partial charge in [-0.25, -0.2) is 9.37 Å². The molecule has 0 fully saturated rings. The smallest absolute Gasteiger partial charge is 0.125 e. The van der Waals surface area contributed by atoms with E-state index in [4.69, 9.17) is 4.98 Å². The summed E-state index contributed by atoms with van der Waals surface area (Å²) in [5.41, 5.74) is 5.16. The predicted molar refractivity (Wildman–Crippen MR) is 116 cm³/mol. The standard InChI is InChI=1S/C23H15BrFNS/c24-22-21(26-23(27-22)19-12-14-20(25)15-13-19)18-10-8-17(9-11-18)7-6-16-4-2-1-3-5-16/h1-15H. The molecule has 4 aromatic rings. The van der Waals surface area contributed by atoms with Crippen LogP contribution in [0.3, 0.4) is 0 Å². The van der Waals surface area contributed by atoms with E-state index >= 15 is 0 Å². The lowest BCUT2D eigenvalue weighted by Crippen LogP contribution is -1.82. The fourth-order valence-corrected chi connectivity index (χ4v) is 4.30. The summed E-state index contributed by atoms with van der Waals surface area (Å²) in [6.45, 7) is 0. The van der Waals surface area contributed by atoms with Crippen LogP contribution in [0.1, 0.15) is 11.1 Å². The first-order valence-corrected chi connectivity index (χ1v) is 10.1. The van der Waals surface area contributed by atoms with Crippen molar-refractivity contribution in [2.24, 2.45) is 0 Å². The van der Waals surface area contributed by atoms with Crippen LogP contribution in [-0.2, 0) is 0 Å². The summed E-state index contributed by atoms with van der Waals surface area (Å²) in [4.78, 5) is 4.73. The third-order valence-electron chi connectivity index (χ3n) is 4.13. The zero-order chi connectivity index (χ0) is 18.6. The highest BCUT2D eigenvalue weighted by Crippen LogP contribution is 2.37. The first kappa shape index (κ1) is 17.8. The van der Waals surface area contributed by atoms with Crippen molar-refractivity contribution in [1.82, 2.24) is 4.98 Å². The van der Waals surface area contributed by atoms with E-state index in [1.165, 1.54) is 17.7 Å². The maximum absolute atomic E-state index is 13.1. The molecule has 132 valence electrons. The van der Waals surface area contributed by atoms with Gasteiger partial charge in [-0.3, -0.25) is 0 Å². The second-order valence-corrected chi connectivity index (χ2v) is 8.33. The average Bonchev–Trinajstić information content (AvgIpc) is 3.10. The van der Waals surface area contributed by atoms with E-state index in [2.05, 4.69) is 64.5 Å². The summed E-state index contributed by atoms with van der Waals surface area (Å²) in [6.07, 6.45) is 4.19. The molecule has 3 aromatic carbocycles. The Balaban J connectivity index is 1.57. The molecule has 0 atom stereocenters. The molecule has 1 aromatic heterocycles. The third-order valence-corrected chi connectivity index (χ3v) is 5.88. The molecule has 27 heavy (non-hydrogen) atoms. The van der Waals surface area contributed by atoms with E-state index in [9.17, 15) is 4.39 Å². The highest BCUT2D eigenvalue weighted by Gasteiger charge is 2.12. The van der Waals surface area contributed by atoms with Gasteiger partial charge in [0.15, 0.2) is 0 Å². The number of benzene rings is 3. The van der Waals surface area contributed by atoms with Gasteiger partial charge < -0.3 is 0 Å². The Hall–Kier alpha value is -2.56. The highest BCUT2D eigenvalue weighted by molar-refractivity contribution is 9.11. The fourth-order valence-electron chi connectivity index (χ4n) is 2.70. The second kappa shape index (κ2) is 7.99. The summed E-state index contributed by atoms with van der Waals surface area (Å²) in [5, 5.41) is 0.866. The minimum Gasteiger partial charge on any atom is -0.235 e. The fraction of sp³-hybridized carbons (Fsp3) is 0. The quantitative estimate of drug-likeness (QED) is 0.301. The van der Waals surface area contributed by atoms with Crippen LogP contribution >= 0.6 is 27.3 Å². The molecule has 1 heterocycles. The van der Waals surface area contributed by atoms with E-state index < -0.39 is 0 Å². The van der Waals surface area contributed by atoms with E-state index in [0.29, 0.717) is 0 Å². The van der Waals surface area contributed by atoms with Gasteiger partial charge in [0.05, 0.1) is 9.48 Å². The zero-order valence-corrected chi connectivity index (χ0v) is 16.7. The predicted octanol–water partition coefficient (Wildman–Crippen LogP) is 7.55. The number of halogens is 2. The molecule has 0 amide bonds. The van der Waals surface area contributed by atoms with Gasteiger partial charge in [-0.2, -0.15) is 0 Å². The maximum Gasteiger partial charge on any atom is 0.125 e. The van der Waals surface area contributed by atoms with Crippen LogP contribution in [-0.4, -0.2) is 4.98 Å². The van der Waals surface area contributed by atoms with Gasteiger partial charge in [0.25, 0.3) is 0 Å². The van der Waals surface area contributed by atoms with Crippen LogP contribution in [0, 0.1) is 5.82 Å². The number of aromatic nitrogens is 1. The van der Waals surface area contributed by atoms with Crippen molar-refractivity contribution in [3.05, 3.63) is 99.6 Å². The Labute approximate surface area is 170 Å². The number of nitrogens with zero attached hydrogens (tertiary/aromatic N) is 1. The molecule has 0 bridgehead atoms. The third kappa shape index (κ3) is 4.24. The molecule has 4 heteroatoms. The Morgan fingerprint density at radius 1 is 0.741 bits per heavy atom. The van der Waals surface area contributed by atoms with Crippen molar-refractivity contribution in [3.8, 4) is 21.8 Å². The Morgan fingerprint density at radius 2 is 1.33 bits per heavy atom. The highest BCUT2D eigenvalue weighted by atomic mass is 79.9. The van der Waals surface area contributed by atoms with E-state index in [0.717, 1.165) is 31.2 Å². The summed E-state index contributed by atoms with van der Waals surface area (Å²) < 4.78 is 14.1. The lowest BCUT2D eigenvalue weighted by Gasteiger charge is -2.00. The minimum atomic E-state index is -0.242. The molecule has 0 aliphatic carbocycles. The van der Waals surface area contributed by atoms with Gasteiger partial charge in [-0.15, -0.1) is 11.3 Å². The van der Waals surface area contributed by atoms with Gasteiger partial charge in [0.2, 0.25) is 0 Å². The van der Waals surface area contributed by atoms with E-state index in [-0.39, 0.29) is 5.82 Å². The van der Waals surface area contributed by atoms with Crippen LogP contribution in [0.25, 0.3) is 34.0 Å². The molecule has 4 rings (SSSR count). The molecule has 0 saturated carbocycles. The first-order chi connectivity index (χ1) is 13.2. The maximum atomic E-state index is 13.1. The molecule has 0 unspecified atom stereocenters. The first-order valence-electron chi connectivity index (χ1n) is 8.45. The van der Waals surface area contributed by atoms with Crippen molar-refractivity contribution >= 4 is 39.4 Å². The van der Waals surface area contributed by atoms with Gasteiger partial charge in [-0.1, -0.05) is 66.7 Å². The molecule has 0 saturated heterocycles. The van der Waals surface area contributed by atoms with Crippen molar-refractivity contribution in [1.29, 1.82) is 0 Å². The van der Waals surface area contributed by atoms with Crippen LogP contribution in [0.4, 0.5) is 4.39 Å². The number of hydrogen-bond donors (Lipinski definition) is 0. The Kier molecular flexibility index (Phi) is 5.28. The number of hydrogen-bond acceptors (Lipinski definition) is 2. The van der Waals surface area contributed by atoms with Crippen molar-refractivity contribution < 1.29 is 4.39 Å². The lowest BCUT2D eigenvalue weighted by molar-refractivity contribution is 0.628. The Bertz CT molecular complexity index is 1070. The SMILES string of the molecule is Fc1ccc(-c2nc(-c3ccc(C=Cc4ccccc4)cc3)c(Br)s2)cc1. The molecular weight excluding hydrogens is 421 g/mol. The molecule has 1 nitrogen and oxygen atoms in total. The molecule has 0 N–H and O–H groups in total. The largest absolute Gasteiger partial charge is 0.235 e. The average molecular weight is 436 g/mol. The molecule has 0 spiro atoms. The molecule has 0 radical (unpaired) electrons. The van der Waals surface area contributed by atoms with Gasteiger partial charge >= 0.3 is 0 Å². The molecular formula is C23H15BrFNS. The van der Waals surface area contributed by atoms with Crippen LogP contribution in [0.2, 0.25) is 0 Å². The van der Waals surface area contributed by atoms with Gasteiger partial charge in [0, 0.05) is 11.1 Å². The van der Waals surface area contributed by atoms with Crippen LogP contribution in [0.15, 0.2) is 82.6 Å². The molecule has 0 aliphatic rings. The number of thiazole rings is 1. The van der Waals surface area contributed by atoms with Crippen molar-refractivity contribution in [2.45, 2.75) is 0 Å². The van der Waals surface area contributed by atoms with Crippen molar-refractivity contribution in [2.75, 3.05) is 0 Å². The topological polar surface area (TPSA) is 12.9 Å². The number of rotatable bonds is 4. The summed E-state index contributed by atoms with van der Waals surface area (Å²) in [6, 6.07) is 24.9. The zero-order valence-electron chi connectivity index (χ0n) is 14.3. The molecule has 0 aliphatic heterocycles. The summed E-state index contributed by atoms with van der Waals surface area (Å²) in [7, 11) is 0. The van der Waals surface area contributed by atoms with E-state index in [1.807, 2.05) is 18.2 Å². The van der Waals surface area contributed by atoms with Gasteiger partial charge in [0.1, 0.15) is 10.8 Å². The van der Waals surface area contributed by atoms with Crippen LogP contribution < -0.4 is 0 Å². The summed E-state index contributed by atoms with van der Waals surface area (Å²) >= 11 is 5.16. The summed E-state index contributed by atoms with van der Waals surface area (Å²) in [5.74, 6) is -0.242.